The number of nitrogens with one attached hydrogen (secondary N) is 2. The zero-order valence-electron chi connectivity index (χ0n) is 12.5. The summed E-state index contributed by atoms with van der Waals surface area (Å²) in [5.41, 5.74) is 1.39. The van der Waals surface area contributed by atoms with Crippen molar-refractivity contribution in [1.29, 1.82) is 0 Å². The number of benzene rings is 1. The zero-order valence-corrected chi connectivity index (χ0v) is 12.5. The number of halogens is 1. The van der Waals surface area contributed by atoms with Gasteiger partial charge in [-0.3, -0.25) is 4.79 Å². The summed E-state index contributed by atoms with van der Waals surface area (Å²) in [4.78, 5) is 11.8. The van der Waals surface area contributed by atoms with E-state index in [0.717, 1.165) is 44.6 Å². The molecule has 0 radical (unpaired) electrons. The zero-order chi connectivity index (χ0) is 15.1. The van der Waals surface area contributed by atoms with Crippen molar-refractivity contribution in [2.75, 3.05) is 31.6 Å². The lowest BCUT2D eigenvalue weighted by Crippen LogP contribution is -2.29. The van der Waals surface area contributed by atoms with E-state index in [1.165, 1.54) is 12.1 Å². The van der Waals surface area contributed by atoms with Crippen LogP contribution in [-0.2, 0) is 9.53 Å². The summed E-state index contributed by atoms with van der Waals surface area (Å²) in [5, 5.41) is 5.91. The van der Waals surface area contributed by atoms with Crippen LogP contribution in [0.4, 0.5) is 10.1 Å². The standard InChI is InChI=1S/C16H23FN2O2/c1-12-9-14(17)4-5-15(12)19-16(20)10-18-7-2-3-13-6-8-21-11-13/h4-5,9,13,18H,2-3,6-8,10-11H2,1H3,(H,19,20). The maximum absolute atomic E-state index is 13.0. The Bertz CT molecular complexity index is 473. The van der Waals surface area contributed by atoms with Crippen LogP contribution in [0.15, 0.2) is 18.2 Å². The van der Waals surface area contributed by atoms with Crippen molar-refractivity contribution in [3.63, 3.8) is 0 Å². The molecule has 5 heteroatoms. The highest BCUT2D eigenvalue weighted by Gasteiger charge is 2.14. The Morgan fingerprint density at radius 2 is 2.33 bits per heavy atom. The minimum atomic E-state index is -0.292. The predicted octanol–water partition coefficient (Wildman–Crippen LogP) is 2.48. The van der Waals surface area contributed by atoms with Crippen LogP contribution in [0.3, 0.4) is 0 Å². The van der Waals surface area contributed by atoms with Crippen molar-refractivity contribution in [1.82, 2.24) is 5.32 Å². The number of amides is 1. The van der Waals surface area contributed by atoms with Crippen LogP contribution < -0.4 is 10.6 Å². The van der Waals surface area contributed by atoms with E-state index in [9.17, 15) is 9.18 Å². The molecule has 1 aliphatic heterocycles. The molecule has 2 N–H and O–H groups in total. The number of aryl methyl sites for hydroxylation is 1. The van der Waals surface area contributed by atoms with Gasteiger partial charge in [0.15, 0.2) is 0 Å². The third kappa shape index (κ3) is 5.44. The van der Waals surface area contributed by atoms with Crippen molar-refractivity contribution in [2.45, 2.75) is 26.2 Å². The van der Waals surface area contributed by atoms with Crippen LogP contribution >= 0.6 is 0 Å². The number of hydrogen-bond acceptors (Lipinski definition) is 3. The van der Waals surface area contributed by atoms with E-state index in [0.29, 0.717) is 11.6 Å². The second kappa shape index (κ2) is 8.10. The molecule has 1 atom stereocenters. The summed E-state index contributed by atoms with van der Waals surface area (Å²) in [6.07, 6.45) is 3.35. The van der Waals surface area contributed by atoms with Crippen molar-refractivity contribution >= 4 is 11.6 Å². The third-order valence-corrected chi connectivity index (χ3v) is 3.74. The average molecular weight is 294 g/mol. The average Bonchev–Trinajstić information content (AvgIpc) is 2.95. The third-order valence-electron chi connectivity index (χ3n) is 3.74. The number of ether oxygens (including phenoxy) is 1. The van der Waals surface area contributed by atoms with Gasteiger partial charge in [0, 0.05) is 18.9 Å². The molecule has 2 rings (SSSR count). The van der Waals surface area contributed by atoms with E-state index in [2.05, 4.69) is 10.6 Å². The minimum absolute atomic E-state index is 0.103. The van der Waals surface area contributed by atoms with Gasteiger partial charge < -0.3 is 15.4 Å². The van der Waals surface area contributed by atoms with Gasteiger partial charge in [0.25, 0.3) is 0 Å². The Morgan fingerprint density at radius 1 is 1.48 bits per heavy atom. The fraction of sp³-hybridized carbons (Fsp3) is 0.562. The first-order chi connectivity index (χ1) is 10.1. The van der Waals surface area contributed by atoms with Crippen LogP contribution in [0.5, 0.6) is 0 Å². The first kappa shape index (κ1) is 15.9. The molecule has 1 aromatic carbocycles. The second-order valence-electron chi connectivity index (χ2n) is 5.56. The van der Waals surface area contributed by atoms with Gasteiger partial charge in [-0.05, 0) is 62.4 Å². The molecule has 0 aliphatic carbocycles. The normalized spacial score (nSPS) is 17.9. The largest absolute Gasteiger partial charge is 0.381 e. The molecule has 21 heavy (non-hydrogen) atoms. The molecule has 1 saturated heterocycles. The van der Waals surface area contributed by atoms with Crippen LogP contribution in [0.25, 0.3) is 0 Å². The van der Waals surface area contributed by atoms with Gasteiger partial charge >= 0.3 is 0 Å². The molecule has 1 amide bonds. The maximum atomic E-state index is 13.0. The topological polar surface area (TPSA) is 50.4 Å². The molecule has 1 aliphatic rings. The summed E-state index contributed by atoms with van der Waals surface area (Å²) < 4.78 is 18.3. The van der Waals surface area contributed by atoms with Crippen LogP contribution in [0.2, 0.25) is 0 Å². The Balaban J connectivity index is 1.60. The SMILES string of the molecule is Cc1cc(F)ccc1NC(=O)CNCCCC1CCOC1. The molecule has 1 unspecified atom stereocenters. The van der Waals surface area contributed by atoms with E-state index in [1.807, 2.05) is 0 Å². The highest BCUT2D eigenvalue weighted by Crippen LogP contribution is 2.17. The van der Waals surface area contributed by atoms with Crippen LogP contribution in [-0.4, -0.2) is 32.2 Å². The predicted molar refractivity (Wildman–Crippen MR) is 80.8 cm³/mol. The molecule has 116 valence electrons. The fourth-order valence-electron chi connectivity index (χ4n) is 2.49. The first-order valence-electron chi connectivity index (χ1n) is 7.49. The molecular formula is C16H23FN2O2. The highest BCUT2D eigenvalue weighted by atomic mass is 19.1. The minimum Gasteiger partial charge on any atom is -0.381 e. The van der Waals surface area contributed by atoms with E-state index in [4.69, 9.17) is 4.74 Å². The Hall–Kier alpha value is -1.46. The Kier molecular flexibility index (Phi) is 6.14. The van der Waals surface area contributed by atoms with Crippen molar-refractivity contribution < 1.29 is 13.9 Å². The lowest BCUT2D eigenvalue weighted by Gasteiger charge is -2.10. The highest BCUT2D eigenvalue weighted by molar-refractivity contribution is 5.92. The van der Waals surface area contributed by atoms with Gasteiger partial charge in [0.05, 0.1) is 6.54 Å². The van der Waals surface area contributed by atoms with Gasteiger partial charge in [-0.1, -0.05) is 0 Å². The number of rotatable bonds is 7. The molecule has 0 spiro atoms. The second-order valence-corrected chi connectivity index (χ2v) is 5.56. The Morgan fingerprint density at radius 3 is 3.05 bits per heavy atom. The quantitative estimate of drug-likeness (QED) is 0.760. The summed E-state index contributed by atoms with van der Waals surface area (Å²) in [6, 6.07) is 4.34. The first-order valence-corrected chi connectivity index (χ1v) is 7.49. The molecule has 1 heterocycles. The molecule has 0 aromatic heterocycles. The lowest BCUT2D eigenvalue weighted by atomic mass is 10.0. The van der Waals surface area contributed by atoms with Crippen LogP contribution in [0, 0.1) is 18.7 Å². The number of carbonyl (C=O) groups is 1. The van der Waals surface area contributed by atoms with Gasteiger partial charge in [-0.15, -0.1) is 0 Å². The number of carbonyl (C=O) groups excluding carboxylic acids is 1. The van der Waals surface area contributed by atoms with Crippen LogP contribution in [0.1, 0.15) is 24.8 Å². The molecule has 1 aromatic rings. The molecule has 0 saturated carbocycles. The summed E-state index contributed by atoms with van der Waals surface area (Å²) >= 11 is 0. The summed E-state index contributed by atoms with van der Waals surface area (Å²) in [5.74, 6) is 0.288. The van der Waals surface area contributed by atoms with E-state index in [-0.39, 0.29) is 18.3 Å². The van der Waals surface area contributed by atoms with Crippen molar-refractivity contribution in [2.24, 2.45) is 5.92 Å². The molecule has 1 fully saturated rings. The van der Waals surface area contributed by atoms with Gasteiger partial charge in [-0.25, -0.2) is 4.39 Å². The number of hydrogen-bond donors (Lipinski definition) is 2. The molecule has 0 bridgehead atoms. The van der Waals surface area contributed by atoms with Gasteiger partial charge in [0.2, 0.25) is 5.91 Å². The Labute approximate surface area is 125 Å². The van der Waals surface area contributed by atoms with E-state index >= 15 is 0 Å². The lowest BCUT2D eigenvalue weighted by molar-refractivity contribution is -0.115. The van der Waals surface area contributed by atoms with Gasteiger partial charge in [0.1, 0.15) is 5.82 Å². The van der Waals surface area contributed by atoms with Crippen molar-refractivity contribution in [3.05, 3.63) is 29.6 Å². The number of anilines is 1. The maximum Gasteiger partial charge on any atom is 0.238 e. The summed E-state index contributed by atoms with van der Waals surface area (Å²) in [6.45, 7) is 4.64. The van der Waals surface area contributed by atoms with Crippen molar-refractivity contribution in [3.8, 4) is 0 Å². The smallest absolute Gasteiger partial charge is 0.238 e. The molecular weight excluding hydrogens is 271 g/mol. The molecule has 4 nitrogen and oxygen atoms in total. The monoisotopic (exact) mass is 294 g/mol. The fourth-order valence-corrected chi connectivity index (χ4v) is 2.49. The summed E-state index contributed by atoms with van der Waals surface area (Å²) in [7, 11) is 0. The van der Waals surface area contributed by atoms with E-state index < -0.39 is 0 Å². The van der Waals surface area contributed by atoms with E-state index in [1.54, 1.807) is 13.0 Å². The van der Waals surface area contributed by atoms with Gasteiger partial charge in [-0.2, -0.15) is 0 Å².